The van der Waals surface area contributed by atoms with Gasteiger partial charge in [-0.3, -0.25) is 4.90 Å². The van der Waals surface area contributed by atoms with Crippen LogP contribution in [0.4, 0.5) is 8.78 Å². The summed E-state index contributed by atoms with van der Waals surface area (Å²) < 4.78 is 25.0. The molecule has 0 aliphatic rings. The van der Waals surface area contributed by atoms with E-state index in [0.717, 1.165) is 17.6 Å². The molecule has 0 unspecified atom stereocenters. The number of hydrogen-bond acceptors (Lipinski definition) is 1. The number of aryl methyl sites for hydroxylation is 1. The molecule has 0 bridgehead atoms. The molecule has 0 radical (unpaired) electrons. The number of H-pyrrole nitrogens is 1. The Kier molecular flexibility index (Phi) is 4.90. The summed E-state index contributed by atoms with van der Waals surface area (Å²) >= 11 is 0. The lowest BCUT2D eigenvalue weighted by molar-refractivity contribution is 0.0943. The first-order chi connectivity index (χ1) is 9.61. The largest absolute Gasteiger partial charge is 0.358 e. The van der Waals surface area contributed by atoms with Gasteiger partial charge in [-0.2, -0.15) is 0 Å². The molecule has 0 atom stereocenters. The number of nitrogens with zero attached hydrogens (tertiary/aromatic N) is 1. The topological polar surface area (TPSA) is 19.0 Å². The van der Waals surface area contributed by atoms with Crippen LogP contribution in [-0.4, -0.2) is 35.9 Å². The average molecular weight is 278 g/mol. The van der Waals surface area contributed by atoms with Gasteiger partial charge in [0.25, 0.3) is 6.43 Å². The molecule has 2 aromatic rings. The minimum absolute atomic E-state index is 0.201. The minimum atomic E-state index is -2.31. The van der Waals surface area contributed by atoms with Crippen LogP contribution in [0.1, 0.15) is 11.3 Å². The van der Waals surface area contributed by atoms with Gasteiger partial charge in [0, 0.05) is 29.7 Å². The Morgan fingerprint density at radius 3 is 2.80 bits per heavy atom. The monoisotopic (exact) mass is 278 g/mol. The molecule has 0 saturated heterocycles. The molecular formula is C16H20F2N2. The zero-order valence-electron chi connectivity index (χ0n) is 11.7. The molecule has 0 aliphatic carbocycles. The van der Waals surface area contributed by atoms with Crippen molar-refractivity contribution in [2.24, 2.45) is 0 Å². The molecule has 1 aromatic carbocycles. The van der Waals surface area contributed by atoms with Gasteiger partial charge < -0.3 is 4.98 Å². The fourth-order valence-electron chi connectivity index (χ4n) is 2.56. The van der Waals surface area contributed by atoms with Crippen LogP contribution in [0.5, 0.6) is 0 Å². The predicted octanol–water partition coefficient (Wildman–Crippen LogP) is 3.77. The number of fused-ring (bicyclic) bond motifs is 1. The first kappa shape index (κ1) is 14.7. The van der Waals surface area contributed by atoms with Crippen molar-refractivity contribution in [3.63, 3.8) is 0 Å². The number of aromatic nitrogens is 1. The van der Waals surface area contributed by atoms with Gasteiger partial charge in [0.2, 0.25) is 0 Å². The van der Waals surface area contributed by atoms with Crippen molar-refractivity contribution in [1.82, 2.24) is 9.88 Å². The molecule has 20 heavy (non-hydrogen) atoms. The van der Waals surface area contributed by atoms with E-state index in [-0.39, 0.29) is 6.54 Å². The van der Waals surface area contributed by atoms with Crippen molar-refractivity contribution in [3.8, 4) is 0 Å². The van der Waals surface area contributed by atoms with Crippen LogP contribution in [0.25, 0.3) is 10.9 Å². The number of benzene rings is 1. The third kappa shape index (κ3) is 3.45. The van der Waals surface area contributed by atoms with Gasteiger partial charge in [-0.05, 0) is 25.0 Å². The summed E-state index contributed by atoms with van der Waals surface area (Å²) in [6, 6.07) is 8.09. The van der Waals surface area contributed by atoms with Gasteiger partial charge in [-0.15, -0.1) is 6.58 Å². The van der Waals surface area contributed by atoms with Crippen molar-refractivity contribution in [2.75, 3.05) is 19.6 Å². The van der Waals surface area contributed by atoms with Crippen LogP contribution in [0.15, 0.2) is 36.9 Å². The number of halogens is 2. The van der Waals surface area contributed by atoms with Crippen molar-refractivity contribution in [2.45, 2.75) is 19.8 Å². The van der Waals surface area contributed by atoms with E-state index in [4.69, 9.17) is 0 Å². The second-order valence-electron chi connectivity index (χ2n) is 4.96. The molecule has 4 heteroatoms. The summed E-state index contributed by atoms with van der Waals surface area (Å²) in [7, 11) is 0. The molecule has 108 valence electrons. The van der Waals surface area contributed by atoms with Gasteiger partial charge in [0.15, 0.2) is 0 Å². The van der Waals surface area contributed by atoms with Crippen LogP contribution >= 0.6 is 0 Å². The first-order valence-corrected chi connectivity index (χ1v) is 6.79. The van der Waals surface area contributed by atoms with E-state index in [0.29, 0.717) is 13.1 Å². The average Bonchev–Trinajstić information content (AvgIpc) is 2.71. The quantitative estimate of drug-likeness (QED) is 0.764. The van der Waals surface area contributed by atoms with E-state index >= 15 is 0 Å². The van der Waals surface area contributed by atoms with E-state index < -0.39 is 6.43 Å². The highest BCUT2D eigenvalue weighted by molar-refractivity contribution is 5.84. The summed E-state index contributed by atoms with van der Waals surface area (Å²) in [5.41, 5.74) is 3.43. The first-order valence-electron chi connectivity index (χ1n) is 6.79. The molecule has 1 N–H and O–H groups in total. The lowest BCUT2D eigenvalue weighted by Gasteiger charge is -2.20. The highest BCUT2D eigenvalue weighted by atomic mass is 19.3. The van der Waals surface area contributed by atoms with Gasteiger partial charge >= 0.3 is 0 Å². The van der Waals surface area contributed by atoms with Crippen LogP contribution in [0.2, 0.25) is 0 Å². The summed E-state index contributed by atoms with van der Waals surface area (Å²) in [6.07, 6.45) is 0.125. The third-order valence-electron chi connectivity index (χ3n) is 3.49. The van der Waals surface area contributed by atoms with Crippen LogP contribution in [0, 0.1) is 6.92 Å². The fraction of sp³-hybridized carbons (Fsp3) is 0.375. The Morgan fingerprint density at radius 2 is 2.10 bits per heavy atom. The number of hydrogen-bond donors (Lipinski definition) is 1. The van der Waals surface area contributed by atoms with E-state index in [1.165, 1.54) is 10.9 Å². The predicted molar refractivity (Wildman–Crippen MR) is 79.4 cm³/mol. The normalized spacial score (nSPS) is 11.7. The van der Waals surface area contributed by atoms with E-state index in [1.54, 1.807) is 11.0 Å². The molecule has 1 heterocycles. The van der Waals surface area contributed by atoms with E-state index in [2.05, 4.69) is 17.6 Å². The molecule has 0 fully saturated rings. The molecule has 0 saturated carbocycles. The van der Waals surface area contributed by atoms with Crippen molar-refractivity contribution in [3.05, 3.63) is 48.2 Å². The number of aromatic amines is 1. The molecule has 1 aromatic heterocycles. The van der Waals surface area contributed by atoms with Crippen LogP contribution in [-0.2, 0) is 6.42 Å². The number of alkyl halides is 2. The Labute approximate surface area is 118 Å². The Morgan fingerprint density at radius 1 is 1.35 bits per heavy atom. The van der Waals surface area contributed by atoms with Crippen LogP contribution in [0.3, 0.4) is 0 Å². The lowest BCUT2D eigenvalue weighted by Crippen LogP contribution is -2.31. The lowest BCUT2D eigenvalue weighted by atomic mass is 10.1. The minimum Gasteiger partial charge on any atom is -0.358 e. The SMILES string of the molecule is C=CCN(CCc1c(C)[nH]c2ccccc12)CC(F)F. The zero-order chi connectivity index (χ0) is 14.5. The second-order valence-corrected chi connectivity index (χ2v) is 4.96. The Balaban J connectivity index is 2.11. The highest BCUT2D eigenvalue weighted by Gasteiger charge is 2.13. The fourth-order valence-corrected chi connectivity index (χ4v) is 2.56. The molecule has 0 spiro atoms. The molecule has 0 aliphatic heterocycles. The van der Waals surface area contributed by atoms with Gasteiger partial charge in [-0.1, -0.05) is 24.3 Å². The maximum absolute atomic E-state index is 12.5. The molecular weight excluding hydrogens is 258 g/mol. The zero-order valence-corrected chi connectivity index (χ0v) is 11.7. The van der Waals surface area contributed by atoms with Gasteiger partial charge in [-0.25, -0.2) is 8.78 Å². The summed E-state index contributed by atoms with van der Waals surface area (Å²) in [4.78, 5) is 5.07. The third-order valence-corrected chi connectivity index (χ3v) is 3.49. The number of rotatable bonds is 7. The molecule has 2 rings (SSSR count). The summed E-state index contributed by atoms with van der Waals surface area (Å²) in [5, 5.41) is 1.18. The summed E-state index contributed by atoms with van der Waals surface area (Å²) in [6.45, 7) is 6.56. The van der Waals surface area contributed by atoms with Crippen molar-refractivity contribution >= 4 is 10.9 Å². The maximum Gasteiger partial charge on any atom is 0.251 e. The van der Waals surface area contributed by atoms with Crippen LogP contribution < -0.4 is 0 Å². The van der Waals surface area contributed by atoms with E-state index in [9.17, 15) is 8.78 Å². The maximum atomic E-state index is 12.5. The highest BCUT2D eigenvalue weighted by Crippen LogP contribution is 2.22. The molecule has 2 nitrogen and oxygen atoms in total. The molecule has 0 amide bonds. The smallest absolute Gasteiger partial charge is 0.251 e. The second kappa shape index (κ2) is 6.66. The summed E-state index contributed by atoms with van der Waals surface area (Å²) in [5.74, 6) is 0. The van der Waals surface area contributed by atoms with Gasteiger partial charge in [0.1, 0.15) is 0 Å². The standard InChI is InChI=1S/C16H20F2N2/c1-3-9-20(11-16(17)18)10-8-13-12(2)19-15-7-5-4-6-14(13)15/h3-7,16,19H,1,8-11H2,2H3. The Hall–Kier alpha value is -1.68. The van der Waals surface area contributed by atoms with Crippen molar-refractivity contribution in [1.29, 1.82) is 0 Å². The van der Waals surface area contributed by atoms with E-state index in [1.807, 2.05) is 25.1 Å². The van der Waals surface area contributed by atoms with Gasteiger partial charge in [0.05, 0.1) is 6.54 Å². The number of para-hydroxylation sites is 1. The van der Waals surface area contributed by atoms with Crippen molar-refractivity contribution < 1.29 is 8.78 Å². The Bertz CT molecular complexity index is 575. The number of nitrogens with one attached hydrogen (secondary N) is 1.